The van der Waals surface area contributed by atoms with Gasteiger partial charge in [-0.3, -0.25) is 4.79 Å². The Morgan fingerprint density at radius 2 is 2.26 bits per heavy atom. The van der Waals surface area contributed by atoms with Gasteiger partial charge in [0, 0.05) is 25.8 Å². The van der Waals surface area contributed by atoms with E-state index in [0.29, 0.717) is 11.9 Å². The summed E-state index contributed by atoms with van der Waals surface area (Å²) in [5.74, 6) is 0.0174. The molecule has 3 rings (SSSR count). The summed E-state index contributed by atoms with van der Waals surface area (Å²) in [7, 11) is 1.76. The maximum absolute atomic E-state index is 13.1. The first-order valence-electron chi connectivity index (χ1n) is 8.22. The SMILES string of the molecule is CO[C@@H]1CC[C@H]2N(C(=O)COc3cccc(F)c3)CC[C@@]2(C)C1. The number of fused-ring (bicyclic) bond motifs is 1. The van der Waals surface area contributed by atoms with E-state index in [0.717, 1.165) is 32.2 Å². The maximum Gasteiger partial charge on any atom is 0.260 e. The highest BCUT2D eigenvalue weighted by molar-refractivity contribution is 5.78. The molecule has 1 aliphatic heterocycles. The van der Waals surface area contributed by atoms with Crippen LogP contribution in [0.15, 0.2) is 24.3 Å². The van der Waals surface area contributed by atoms with Gasteiger partial charge in [-0.05, 0) is 43.2 Å². The molecule has 1 aromatic carbocycles. The van der Waals surface area contributed by atoms with Gasteiger partial charge >= 0.3 is 0 Å². The van der Waals surface area contributed by atoms with Gasteiger partial charge in [-0.2, -0.15) is 0 Å². The lowest BCUT2D eigenvalue weighted by Gasteiger charge is -2.42. The molecule has 0 unspecified atom stereocenters. The van der Waals surface area contributed by atoms with Crippen molar-refractivity contribution in [1.29, 1.82) is 0 Å². The van der Waals surface area contributed by atoms with Gasteiger partial charge in [0.2, 0.25) is 0 Å². The third-order valence-electron chi connectivity index (χ3n) is 5.37. The van der Waals surface area contributed by atoms with Crippen molar-refractivity contribution in [2.45, 2.75) is 44.8 Å². The number of halogens is 1. The number of amides is 1. The Bertz CT molecular complexity index is 579. The topological polar surface area (TPSA) is 38.8 Å². The van der Waals surface area contributed by atoms with E-state index < -0.39 is 0 Å². The van der Waals surface area contributed by atoms with E-state index in [1.165, 1.54) is 12.1 Å². The van der Waals surface area contributed by atoms with Crippen molar-refractivity contribution >= 4 is 5.91 Å². The number of hydrogen-bond donors (Lipinski definition) is 0. The van der Waals surface area contributed by atoms with Crippen LogP contribution in [0.25, 0.3) is 0 Å². The van der Waals surface area contributed by atoms with Crippen molar-refractivity contribution in [2.24, 2.45) is 5.41 Å². The summed E-state index contributed by atoms with van der Waals surface area (Å²) >= 11 is 0. The van der Waals surface area contributed by atoms with Crippen LogP contribution >= 0.6 is 0 Å². The second kappa shape index (κ2) is 6.48. The zero-order valence-corrected chi connectivity index (χ0v) is 13.8. The average Bonchev–Trinajstić information content (AvgIpc) is 2.89. The first-order valence-corrected chi connectivity index (χ1v) is 8.22. The van der Waals surface area contributed by atoms with E-state index in [9.17, 15) is 9.18 Å². The molecule has 5 heteroatoms. The largest absolute Gasteiger partial charge is 0.484 e. The van der Waals surface area contributed by atoms with E-state index >= 15 is 0 Å². The van der Waals surface area contributed by atoms with Crippen LogP contribution in [0, 0.1) is 11.2 Å². The highest BCUT2D eigenvalue weighted by Gasteiger charge is 2.49. The van der Waals surface area contributed by atoms with Crippen LogP contribution in [0.3, 0.4) is 0 Å². The molecule has 0 radical (unpaired) electrons. The molecule has 1 saturated carbocycles. The Kier molecular flexibility index (Phi) is 4.57. The number of hydrogen-bond acceptors (Lipinski definition) is 3. The number of methoxy groups -OCH3 is 1. The van der Waals surface area contributed by atoms with Crippen LogP contribution in [0.5, 0.6) is 5.75 Å². The Labute approximate surface area is 136 Å². The molecule has 0 spiro atoms. The van der Waals surface area contributed by atoms with Crippen LogP contribution in [-0.2, 0) is 9.53 Å². The van der Waals surface area contributed by atoms with Crippen molar-refractivity contribution in [2.75, 3.05) is 20.3 Å². The van der Waals surface area contributed by atoms with Crippen molar-refractivity contribution in [3.63, 3.8) is 0 Å². The first-order chi connectivity index (χ1) is 11.0. The smallest absolute Gasteiger partial charge is 0.260 e. The second-order valence-electron chi connectivity index (χ2n) is 6.89. The summed E-state index contributed by atoms with van der Waals surface area (Å²) in [6, 6.07) is 6.15. The minimum absolute atomic E-state index is 0.0150. The number of carbonyl (C=O) groups excluding carboxylic acids is 1. The molecule has 3 atom stereocenters. The lowest BCUT2D eigenvalue weighted by atomic mass is 9.71. The molecular weight excluding hydrogens is 297 g/mol. The van der Waals surface area contributed by atoms with Gasteiger partial charge in [-0.15, -0.1) is 0 Å². The standard InChI is InChI=1S/C18H24FNO3/c1-18-8-9-20(16(18)7-6-15(11-18)22-2)17(21)12-23-14-5-3-4-13(19)10-14/h3-5,10,15-16H,6-9,11-12H2,1-2H3/t15-,16-,18+/m1/s1. The zero-order chi connectivity index (χ0) is 16.4. The van der Waals surface area contributed by atoms with E-state index in [1.807, 2.05) is 4.90 Å². The minimum Gasteiger partial charge on any atom is -0.484 e. The lowest BCUT2D eigenvalue weighted by Crippen LogP contribution is -2.47. The highest BCUT2D eigenvalue weighted by atomic mass is 19.1. The predicted octanol–water partition coefficient (Wildman–Crippen LogP) is 3.01. The summed E-state index contributed by atoms with van der Waals surface area (Å²) in [5.41, 5.74) is 0.132. The Balaban J connectivity index is 1.60. The molecule has 1 amide bonds. The monoisotopic (exact) mass is 321 g/mol. The Morgan fingerprint density at radius 3 is 3.00 bits per heavy atom. The van der Waals surface area contributed by atoms with Gasteiger partial charge < -0.3 is 14.4 Å². The Morgan fingerprint density at radius 1 is 1.43 bits per heavy atom. The molecule has 4 nitrogen and oxygen atoms in total. The quantitative estimate of drug-likeness (QED) is 0.856. The van der Waals surface area contributed by atoms with Crippen LogP contribution in [0.2, 0.25) is 0 Å². The first kappa shape index (κ1) is 16.2. The van der Waals surface area contributed by atoms with Gasteiger partial charge in [-0.1, -0.05) is 13.0 Å². The minimum atomic E-state index is -0.360. The molecule has 2 aliphatic rings. The fraction of sp³-hybridized carbons (Fsp3) is 0.611. The van der Waals surface area contributed by atoms with Gasteiger partial charge in [0.1, 0.15) is 11.6 Å². The van der Waals surface area contributed by atoms with Gasteiger partial charge in [-0.25, -0.2) is 4.39 Å². The van der Waals surface area contributed by atoms with E-state index in [4.69, 9.17) is 9.47 Å². The highest BCUT2D eigenvalue weighted by Crippen LogP contribution is 2.47. The molecule has 1 saturated heterocycles. The average molecular weight is 321 g/mol. The van der Waals surface area contributed by atoms with Gasteiger partial charge in [0.25, 0.3) is 5.91 Å². The zero-order valence-electron chi connectivity index (χ0n) is 13.8. The molecule has 1 aliphatic carbocycles. The summed E-state index contributed by atoms with van der Waals surface area (Å²) in [5, 5.41) is 0. The fourth-order valence-electron chi connectivity index (χ4n) is 4.07. The maximum atomic E-state index is 13.1. The molecule has 23 heavy (non-hydrogen) atoms. The van der Waals surface area contributed by atoms with Crippen LogP contribution in [0.1, 0.15) is 32.6 Å². The van der Waals surface area contributed by atoms with Crippen molar-refractivity contribution < 1.29 is 18.7 Å². The number of carbonyl (C=O) groups is 1. The third kappa shape index (κ3) is 3.34. The van der Waals surface area contributed by atoms with E-state index in [1.54, 1.807) is 19.2 Å². The summed E-state index contributed by atoms with van der Waals surface area (Å²) in [6.07, 6.45) is 4.27. The summed E-state index contributed by atoms with van der Waals surface area (Å²) in [6.45, 7) is 2.98. The second-order valence-corrected chi connectivity index (χ2v) is 6.89. The third-order valence-corrected chi connectivity index (χ3v) is 5.37. The predicted molar refractivity (Wildman–Crippen MR) is 84.8 cm³/mol. The van der Waals surface area contributed by atoms with Gasteiger partial charge in [0.15, 0.2) is 6.61 Å². The van der Waals surface area contributed by atoms with E-state index in [2.05, 4.69) is 6.92 Å². The molecular formula is C18H24FNO3. The van der Waals surface area contributed by atoms with Crippen molar-refractivity contribution in [1.82, 2.24) is 4.90 Å². The molecule has 0 N–H and O–H groups in total. The number of benzene rings is 1. The molecule has 0 aromatic heterocycles. The van der Waals surface area contributed by atoms with Crippen molar-refractivity contribution in [3.05, 3.63) is 30.1 Å². The molecule has 126 valence electrons. The number of nitrogens with zero attached hydrogens (tertiary/aromatic N) is 1. The lowest BCUT2D eigenvalue weighted by molar-refractivity contribution is -0.136. The Hall–Kier alpha value is -1.62. The molecule has 0 bridgehead atoms. The van der Waals surface area contributed by atoms with Gasteiger partial charge in [0.05, 0.1) is 6.10 Å². The summed E-state index contributed by atoms with van der Waals surface area (Å²) in [4.78, 5) is 14.5. The van der Waals surface area contributed by atoms with Crippen LogP contribution < -0.4 is 4.74 Å². The van der Waals surface area contributed by atoms with Crippen LogP contribution in [-0.4, -0.2) is 43.2 Å². The van der Waals surface area contributed by atoms with E-state index in [-0.39, 0.29) is 29.8 Å². The molecule has 2 fully saturated rings. The molecule has 1 heterocycles. The number of ether oxygens (including phenoxy) is 2. The fourth-order valence-corrected chi connectivity index (χ4v) is 4.07. The van der Waals surface area contributed by atoms with Crippen LogP contribution in [0.4, 0.5) is 4.39 Å². The van der Waals surface area contributed by atoms with Crippen molar-refractivity contribution in [3.8, 4) is 5.75 Å². The normalized spacial score (nSPS) is 30.1. The number of likely N-dealkylation sites (tertiary alicyclic amines) is 1. The molecule has 1 aromatic rings. The number of rotatable bonds is 4. The summed E-state index contributed by atoms with van der Waals surface area (Å²) < 4.78 is 24.1.